The summed E-state index contributed by atoms with van der Waals surface area (Å²) in [5, 5.41) is 9.26. The summed E-state index contributed by atoms with van der Waals surface area (Å²) in [5.74, 6) is -0.960. The number of aliphatic carboxylic acids is 1. The molecule has 5 nitrogen and oxygen atoms in total. The highest BCUT2D eigenvalue weighted by molar-refractivity contribution is 7.91. The zero-order valence-corrected chi connectivity index (χ0v) is 13.6. The number of thiophene rings is 1. The van der Waals surface area contributed by atoms with Crippen LogP contribution in [0.3, 0.4) is 0 Å². The van der Waals surface area contributed by atoms with E-state index in [1.54, 1.807) is 13.8 Å². The maximum atomic E-state index is 12.5. The lowest BCUT2D eigenvalue weighted by Crippen LogP contribution is -2.48. The number of sulfonamides is 1. The van der Waals surface area contributed by atoms with Gasteiger partial charge >= 0.3 is 5.97 Å². The third kappa shape index (κ3) is 2.72. The molecule has 0 saturated carbocycles. The first-order valence-electron chi connectivity index (χ1n) is 6.16. The first-order chi connectivity index (χ1) is 9.17. The number of carboxylic acids is 1. The standard InChI is InChI=1S/C12H16ClNO4S2/c1-8-6-9(19-10(8)13)20(17,18)14-5-3-4-12(2,7-14)11(15)16/h6H,3-5,7H2,1-2H3,(H,15,16). The van der Waals surface area contributed by atoms with Gasteiger partial charge in [-0.05, 0) is 38.3 Å². The minimum Gasteiger partial charge on any atom is -0.481 e. The lowest BCUT2D eigenvalue weighted by Gasteiger charge is -2.36. The van der Waals surface area contributed by atoms with Gasteiger partial charge in [-0.1, -0.05) is 11.6 Å². The predicted octanol–water partition coefficient (Wildman–Crippen LogP) is 2.59. The lowest BCUT2D eigenvalue weighted by molar-refractivity contribution is -0.150. The highest BCUT2D eigenvalue weighted by Crippen LogP contribution is 2.36. The fraction of sp³-hybridized carbons (Fsp3) is 0.583. The summed E-state index contributed by atoms with van der Waals surface area (Å²) in [5.41, 5.74) is -0.310. The Morgan fingerprint density at radius 1 is 1.55 bits per heavy atom. The van der Waals surface area contributed by atoms with Gasteiger partial charge in [0, 0.05) is 13.1 Å². The zero-order valence-electron chi connectivity index (χ0n) is 11.2. The molecule has 1 aromatic heterocycles. The first-order valence-corrected chi connectivity index (χ1v) is 8.80. The Labute approximate surface area is 127 Å². The summed E-state index contributed by atoms with van der Waals surface area (Å²) in [7, 11) is -3.66. The van der Waals surface area contributed by atoms with Gasteiger partial charge in [0.25, 0.3) is 10.0 Å². The SMILES string of the molecule is Cc1cc(S(=O)(=O)N2CCCC(C)(C(=O)O)C2)sc1Cl. The van der Waals surface area contributed by atoms with Gasteiger partial charge in [0.2, 0.25) is 0 Å². The minimum absolute atomic E-state index is 0.000761. The number of nitrogens with zero attached hydrogens (tertiary/aromatic N) is 1. The predicted molar refractivity (Wildman–Crippen MR) is 77.8 cm³/mol. The van der Waals surface area contributed by atoms with Crippen LogP contribution in [0.25, 0.3) is 0 Å². The van der Waals surface area contributed by atoms with E-state index in [9.17, 15) is 18.3 Å². The average molecular weight is 338 g/mol. The number of piperidine rings is 1. The molecule has 1 fully saturated rings. The Kier molecular flexibility index (Phi) is 4.17. The van der Waals surface area contributed by atoms with E-state index in [2.05, 4.69) is 0 Å². The number of halogens is 1. The van der Waals surface area contributed by atoms with Crippen LogP contribution in [0, 0.1) is 12.3 Å². The Morgan fingerprint density at radius 2 is 2.20 bits per heavy atom. The van der Waals surface area contributed by atoms with E-state index in [0.29, 0.717) is 29.3 Å². The van der Waals surface area contributed by atoms with E-state index in [4.69, 9.17) is 11.6 Å². The van der Waals surface area contributed by atoms with Gasteiger partial charge in [0.05, 0.1) is 9.75 Å². The molecular formula is C12H16ClNO4S2. The van der Waals surface area contributed by atoms with E-state index in [1.807, 2.05) is 0 Å². The molecule has 2 rings (SSSR count). The molecular weight excluding hydrogens is 322 g/mol. The van der Waals surface area contributed by atoms with Crippen molar-refractivity contribution in [2.45, 2.75) is 30.9 Å². The number of hydrogen-bond acceptors (Lipinski definition) is 4. The largest absolute Gasteiger partial charge is 0.481 e. The maximum absolute atomic E-state index is 12.5. The van der Waals surface area contributed by atoms with E-state index >= 15 is 0 Å². The molecule has 112 valence electrons. The fourth-order valence-electron chi connectivity index (χ4n) is 2.26. The number of carbonyl (C=O) groups is 1. The van der Waals surface area contributed by atoms with Crippen molar-refractivity contribution in [3.63, 3.8) is 0 Å². The average Bonchev–Trinajstić information content (AvgIpc) is 2.70. The van der Waals surface area contributed by atoms with Crippen LogP contribution < -0.4 is 0 Å². The van der Waals surface area contributed by atoms with Crippen molar-refractivity contribution < 1.29 is 18.3 Å². The summed E-state index contributed by atoms with van der Waals surface area (Å²) >= 11 is 6.93. The lowest BCUT2D eigenvalue weighted by atomic mass is 9.83. The molecule has 1 aliphatic rings. The summed E-state index contributed by atoms with van der Waals surface area (Å²) in [6, 6.07) is 1.54. The molecule has 0 aromatic carbocycles. The van der Waals surface area contributed by atoms with Crippen LogP contribution in [0.4, 0.5) is 0 Å². The minimum atomic E-state index is -3.66. The maximum Gasteiger partial charge on any atom is 0.310 e. The zero-order chi connectivity index (χ0) is 15.1. The van der Waals surface area contributed by atoms with Crippen LogP contribution in [0.15, 0.2) is 10.3 Å². The molecule has 1 aliphatic heterocycles. The number of hydrogen-bond donors (Lipinski definition) is 1. The number of rotatable bonds is 3. The Bertz CT molecular complexity index is 620. The fourth-order valence-corrected chi connectivity index (χ4v) is 5.72. The van der Waals surface area contributed by atoms with E-state index in [-0.39, 0.29) is 10.8 Å². The van der Waals surface area contributed by atoms with Crippen LogP contribution in [-0.4, -0.2) is 36.9 Å². The van der Waals surface area contributed by atoms with Crippen LogP contribution >= 0.6 is 22.9 Å². The summed E-state index contributed by atoms with van der Waals surface area (Å²) in [6.07, 6.45) is 1.03. The molecule has 2 heterocycles. The van der Waals surface area contributed by atoms with Gasteiger partial charge < -0.3 is 5.11 Å². The van der Waals surface area contributed by atoms with Crippen molar-refractivity contribution in [3.05, 3.63) is 16.0 Å². The molecule has 1 N–H and O–H groups in total. The van der Waals surface area contributed by atoms with Gasteiger partial charge in [-0.25, -0.2) is 8.42 Å². The smallest absolute Gasteiger partial charge is 0.310 e. The molecule has 1 unspecified atom stereocenters. The van der Waals surface area contributed by atoms with Crippen molar-refractivity contribution in [1.29, 1.82) is 0 Å². The highest BCUT2D eigenvalue weighted by Gasteiger charge is 2.42. The second kappa shape index (κ2) is 5.29. The van der Waals surface area contributed by atoms with Gasteiger partial charge in [0.15, 0.2) is 0 Å². The summed E-state index contributed by atoms with van der Waals surface area (Å²) in [6.45, 7) is 3.68. The van der Waals surface area contributed by atoms with Crippen LogP contribution in [-0.2, 0) is 14.8 Å². The molecule has 0 spiro atoms. The topological polar surface area (TPSA) is 74.7 Å². The second-order valence-corrected chi connectivity index (χ2v) is 9.15. The van der Waals surface area contributed by atoms with E-state index in [0.717, 1.165) is 11.3 Å². The summed E-state index contributed by atoms with van der Waals surface area (Å²) in [4.78, 5) is 11.3. The Hall–Kier alpha value is -0.630. The van der Waals surface area contributed by atoms with Crippen molar-refractivity contribution in [1.82, 2.24) is 4.31 Å². The molecule has 1 atom stereocenters. The molecule has 0 aliphatic carbocycles. The molecule has 8 heteroatoms. The second-order valence-electron chi connectivity index (χ2n) is 5.33. The molecule has 1 saturated heterocycles. The van der Waals surface area contributed by atoms with Crippen LogP contribution in [0.2, 0.25) is 4.34 Å². The van der Waals surface area contributed by atoms with Crippen molar-refractivity contribution >= 4 is 38.9 Å². The number of aryl methyl sites for hydroxylation is 1. The van der Waals surface area contributed by atoms with Gasteiger partial charge in [-0.2, -0.15) is 4.31 Å². The van der Waals surface area contributed by atoms with Crippen molar-refractivity contribution in [3.8, 4) is 0 Å². The third-order valence-corrected chi connectivity index (χ3v) is 7.46. The molecule has 1 aromatic rings. The Morgan fingerprint density at radius 3 is 2.70 bits per heavy atom. The third-order valence-electron chi connectivity index (χ3n) is 3.61. The van der Waals surface area contributed by atoms with Gasteiger partial charge in [0.1, 0.15) is 4.21 Å². The monoisotopic (exact) mass is 337 g/mol. The quantitative estimate of drug-likeness (QED) is 0.919. The highest BCUT2D eigenvalue weighted by atomic mass is 35.5. The van der Waals surface area contributed by atoms with Gasteiger partial charge in [-0.15, -0.1) is 11.3 Å². The van der Waals surface area contributed by atoms with Crippen molar-refractivity contribution in [2.24, 2.45) is 5.41 Å². The first kappa shape index (κ1) is 15.8. The van der Waals surface area contributed by atoms with Crippen molar-refractivity contribution in [2.75, 3.05) is 13.1 Å². The molecule has 0 bridgehead atoms. The Balaban J connectivity index is 2.32. The van der Waals surface area contributed by atoms with Crippen LogP contribution in [0.5, 0.6) is 0 Å². The van der Waals surface area contributed by atoms with Crippen LogP contribution in [0.1, 0.15) is 25.3 Å². The molecule has 20 heavy (non-hydrogen) atoms. The normalized spacial score (nSPS) is 24.8. The van der Waals surface area contributed by atoms with Gasteiger partial charge in [-0.3, -0.25) is 4.79 Å². The molecule has 0 amide bonds. The van der Waals surface area contributed by atoms with E-state index < -0.39 is 21.4 Å². The van der Waals surface area contributed by atoms with E-state index in [1.165, 1.54) is 10.4 Å². The summed E-state index contributed by atoms with van der Waals surface area (Å²) < 4.78 is 27.0. The number of carboxylic acid groups (broad SMARTS) is 1. The molecule has 0 radical (unpaired) electrons.